The molecule has 0 atom stereocenters. The summed E-state index contributed by atoms with van der Waals surface area (Å²) in [6, 6.07) is 5.51. The van der Waals surface area contributed by atoms with Crippen molar-refractivity contribution in [1.82, 2.24) is 24.5 Å². The second-order valence-corrected chi connectivity index (χ2v) is 8.21. The number of carbonyl (C=O) groups excluding carboxylic acids is 1. The number of fused-ring (bicyclic) bond motifs is 2. The monoisotopic (exact) mass is 445 g/mol. The molecule has 0 saturated carbocycles. The van der Waals surface area contributed by atoms with Crippen molar-refractivity contribution in [2.75, 3.05) is 13.2 Å². The van der Waals surface area contributed by atoms with E-state index < -0.39 is 11.9 Å². The molecule has 2 aromatic heterocycles. The molecule has 0 radical (unpaired) electrons. The van der Waals surface area contributed by atoms with Gasteiger partial charge in [0.15, 0.2) is 5.69 Å². The Morgan fingerprint density at radius 2 is 1.97 bits per heavy atom. The highest BCUT2D eigenvalue weighted by Gasteiger charge is 2.39. The van der Waals surface area contributed by atoms with E-state index in [1.807, 2.05) is 6.07 Å². The van der Waals surface area contributed by atoms with E-state index in [9.17, 15) is 18.0 Å². The second kappa shape index (κ2) is 7.39. The highest BCUT2D eigenvalue weighted by molar-refractivity contribution is 5.95. The van der Waals surface area contributed by atoms with Gasteiger partial charge in [0.25, 0.3) is 5.91 Å². The van der Waals surface area contributed by atoms with E-state index in [-0.39, 0.29) is 18.0 Å². The zero-order valence-corrected chi connectivity index (χ0v) is 17.7. The third-order valence-electron chi connectivity index (χ3n) is 6.00. The molecule has 1 aromatic carbocycles. The van der Waals surface area contributed by atoms with Gasteiger partial charge in [-0.05, 0) is 37.0 Å². The Hall–Kier alpha value is -3.30. The van der Waals surface area contributed by atoms with Crippen LogP contribution in [0.5, 0.6) is 5.75 Å². The topological polar surface area (TPSA) is 65.2 Å². The Bertz CT molecular complexity index is 1210. The number of ether oxygens (including phenoxy) is 1. The molecule has 1 amide bonds. The summed E-state index contributed by atoms with van der Waals surface area (Å²) in [5.41, 5.74) is 2.44. The van der Waals surface area contributed by atoms with Gasteiger partial charge in [0.2, 0.25) is 0 Å². The zero-order chi connectivity index (χ0) is 22.6. The number of halogens is 3. The molecule has 5 rings (SSSR count). The van der Waals surface area contributed by atoms with Crippen molar-refractivity contribution < 1.29 is 22.7 Å². The number of hydrogen-bond donors (Lipinski definition) is 0. The third-order valence-corrected chi connectivity index (χ3v) is 6.00. The molecule has 0 fully saturated rings. The van der Waals surface area contributed by atoms with E-state index in [2.05, 4.69) is 10.2 Å². The van der Waals surface area contributed by atoms with Crippen molar-refractivity contribution in [3.63, 3.8) is 0 Å². The summed E-state index contributed by atoms with van der Waals surface area (Å²) in [7, 11) is 3.08. The predicted molar refractivity (Wildman–Crippen MR) is 109 cm³/mol. The van der Waals surface area contributed by atoms with Crippen molar-refractivity contribution in [3.05, 3.63) is 52.5 Å². The molecule has 0 unspecified atom stereocenters. The molecule has 0 saturated heterocycles. The first-order chi connectivity index (χ1) is 15.2. The Morgan fingerprint density at radius 1 is 1.16 bits per heavy atom. The standard InChI is InChI=1S/C22H22F3N5O2/c1-28-11-16(20(27-28)22(23,24)25)19-15-7-8-30(12-17(15)26-29(19)2)21(31)14-6-5-13-4-3-9-32-18(13)10-14/h5-6,10-11H,3-4,7-9,12H2,1-2H3. The molecule has 2 aliphatic rings. The number of benzene rings is 1. The van der Waals surface area contributed by atoms with Crippen molar-refractivity contribution in [1.29, 1.82) is 0 Å². The van der Waals surface area contributed by atoms with Gasteiger partial charge in [0, 0.05) is 38.0 Å². The van der Waals surface area contributed by atoms with Gasteiger partial charge < -0.3 is 9.64 Å². The minimum Gasteiger partial charge on any atom is -0.493 e. The first-order valence-electron chi connectivity index (χ1n) is 10.4. The quantitative estimate of drug-likeness (QED) is 0.607. The first-order valence-corrected chi connectivity index (χ1v) is 10.4. The maximum atomic E-state index is 13.5. The fourth-order valence-electron chi connectivity index (χ4n) is 4.56. The molecule has 10 heteroatoms. The lowest BCUT2D eigenvalue weighted by atomic mass is 9.98. The molecular weight excluding hydrogens is 423 g/mol. The largest absolute Gasteiger partial charge is 0.493 e. The summed E-state index contributed by atoms with van der Waals surface area (Å²) >= 11 is 0. The van der Waals surface area contributed by atoms with Gasteiger partial charge in [-0.15, -0.1) is 0 Å². The SMILES string of the molecule is Cn1cc(-c2c3c(nn2C)CN(C(=O)c2ccc4c(c2)OCCC4)CC3)c(C(F)(F)F)n1. The van der Waals surface area contributed by atoms with E-state index >= 15 is 0 Å². The van der Waals surface area contributed by atoms with E-state index in [0.29, 0.717) is 36.5 Å². The Balaban J connectivity index is 1.45. The average Bonchev–Trinajstić information content (AvgIpc) is 3.30. The number of amides is 1. The van der Waals surface area contributed by atoms with Crippen molar-refractivity contribution in [3.8, 4) is 17.0 Å². The molecule has 7 nitrogen and oxygen atoms in total. The summed E-state index contributed by atoms with van der Waals surface area (Å²) in [5.74, 6) is 0.605. The fraction of sp³-hybridized carbons (Fsp3) is 0.409. The smallest absolute Gasteiger partial charge is 0.435 e. The molecule has 0 N–H and O–H groups in total. The van der Waals surface area contributed by atoms with Crippen molar-refractivity contribution in [2.45, 2.75) is 32.0 Å². The van der Waals surface area contributed by atoms with Gasteiger partial charge in [0.1, 0.15) is 5.75 Å². The highest BCUT2D eigenvalue weighted by Crippen LogP contribution is 2.39. The Morgan fingerprint density at radius 3 is 2.75 bits per heavy atom. The zero-order valence-electron chi connectivity index (χ0n) is 17.7. The van der Waals surface area contributed by atoms with Crippen LogP contribution in [0.25, 0.3) is 11.3 Å². The lowest BCUT2D eigenvalue weighted by molar-refractivity contribution is -0.141. The summed E-state index contributed by atoms with van der Waals surface area (Å²) < 4.78 is 48.9. The van der Waals surface area contributed by atoms with Crippen LogP contribution in [-0.4, -0.2) is 43.5 Å². The number of aromatic nitrogens is 4. The van der Waals surface area contributed by atoms with Crippen LogP contribution >= 0.6 is 0 Å². The molecule has 0 aliphatic carbocycles. The Labute approximate surface area is 182 Å². The van der Waals surface area contributed by atoms with Crippen LogP contribution in [0.4, 0.5) is 13.2 Å². The number of hydrogen-bond acceptors (Lipinski definition) is 4. The molecule has 4 heterocycles. The van der Waals surface area contributed by atoms with Gasteiger partial charge in [0.05, 0.1) is 30.1 Å². The lowest BCUT2D eigenvalue weighted by Gasteiger charge is -2.27. The highest BCUT2D eigenvalue weighted by atomic mass is 19.4. The van der Waals surface area contributed by atoms with Crippen LogP contribution in [0.3, 0.4) is 0 Å². The first kappa shape index (κ1) is 20.6. The number of nitrogens with zero attached hydrogens (tertiary/aromatic N) is 5. The molecular formula is C22H22F3N5O2. The van der Waals surface area contributed by atoms with E-state index in [4.69, 9.17) is 4.74 Å². The minimum absolute atomic E-state index is 0.00265. The normalized spacial score (nSPS) is 15.8. The molecule has 168 valence electrons. The van der Waals surface area contributed by atoms with Gasteiger partial charge >= 0.3 is 6.18 Å². The maximum Gasteiger partial charge on any atom is 0.435 e. The van der Waals surface area contributed by atoms with Gasteiger partial charge in [-0.3, -0.25) is 14.2 Å². The predicted octanol–water partition coefficient (Wildman–Crippen LogP) is 3.36. The van der Waals surface area contributed by atoms with Crippen LogP contribution in [-0.2, 0) is 39.7 Å². The summed E-state index contributed by atoms with van der Waals surface area (Å²) in [6.07, 6.45) is -0.895. The molecule has 0 spiro atoms. The molecule has 0 bridgehead atoms. The molecule has 2 aliphatic heterocycles. The van der Waals surface area contributed by atoms with E-state index in [1.165, 1.54) is 17.9 Å². The lowest BCUT2D eigenvalue weighted by Crippen LogP contribution is -2.36. The number of rotatable bonds is 2. The van der Waals surface area contributed by atoms with Gasteiger partial charge in [-0.2, -0.15) is 23.4 Å². The average molecular weight is 445 g/mol. The van der Waals surface area contributed by atoms with E-state index in [0.717, 1.165) is 34.4 Å². The van der Waals surface area contributed by atoms with Crippen LogP contribution in [0.1, 0.15) is 39.3 Å². The summed E-state index contributed by atoms with van der Waals surface area (Å²) in [4.78, 5) is 14.8. The maximum absolute atomic E-state index is 13.5. The number of aryl methyl sites for hydroxylation is 3. The van der Waals surface area contributed by atoms with E-state index in [1.54, 1.807) is 24.1 Å². The number of alkyl halides is 3. The van der Waals surface area contributed by atoms with Gasteiger partial charge in [-0.25, -0.2) is 0 Å². The Kier molecular flexibility index (Phi) is 4.75. The van der Waals surface area contributed by atoms with Crippen molar-refractivity contribution in [2.24, 2.45) is 14.1 Å². The minimum atomic E-state index is -4.57. The second-order valence-electron chi connectivity index (χ2n) is 8.21. The summed E-state index contributed by atoms with van der Waals surface area (Å²) in [5, 5.41) is 8.07. The molecule has 3 aromatic rings. The van der Waals surface area contributed by atoms with Crippen molar-refractivity contribution >= 4 is 5.91 Å². The molecule has 32 heavy (non-hydrogen) atoms. The van der Waals surface area contributed by atoms with Crippen LogP contribution < -0.4 is 4.74 Å². The van der Waals surface area contributed by atoms with Crippen LogP contribution in [0.15, 0.2) is 24.4 Å². The van der Waals surface area contributed by atoms with Gasteiger partial charge in [-0.1, -0.05) is 6.07 Å². The fourth-order valence-corrected chi connectivity index (χ4v) is 4.56. The summed E-state index contributed by atoms with van der Waals surface area (Å²) in [6.45, 7) is 1.27. The van der Waals surface area contributed by atoms with Crippen LogP contribution in [0, 0.1) is 0 Å². The van der Waals surface area contributed by atoms with Crippen LogP contribution in [0.2, 0.25) is 0 Å². The third kappa shape index (κ3) is 3.43. The number of carbonyl (C=O) groups is 1.